The molecule has 3 rings (SSSR count). The average Bonchev–Trinajstić information content (AvgIpc) is 3.11. The maximum Gasteiger partial charge on any atom is 0.316 e. The standard InChI is InChI=1S/C15H12N2O.C3H6O2S/c16-14-7-5-12(6-8-14)11-1-3-13(4-2-11)15-9-17-10-18-15;1-2(6)3(4)5/h1-10H,16H2;2,6H,1H3,(H,4,5). The Labute approximate surface area is 145 Å². The van der Waals surface area contributed by atoms with Gasteiger partial charge in [0.25, 0.3) is 0 Å². The highest BCUT2D eigenvalue weighted by Gasteiger charge is 2.02. The molecule has 6 heteroatoms. The predicted octanol–water partition coefficient (Wildman–Crippen LogP) is 3.98. The quantitative estimate of drug-likeness (QED) is 0.495. The van der Waals surface area contributed by atoms with Gasteiger partial charge in [-0.3, -0.25) is 4.79 Å². The Hall–Kier alpha value is -2.73. The van der Waals surface area contributed by atoms with Gasteiger partial charge in [-0.05, 0) is 30.2 Å². The number of hydrogen-bond donors (Lipinski definition) is 3. The van der Waals surface area contributed by atoms with Gasteiger partial charge in [-0.1, -0.05) is 36.4 Å². The van der Waals surface area contributed by atoms with E-state index in [1.807, 2.05) is 36.4 Å². The van der Waals surface area contributed by atoms with Crippen LogP contribution in [0.5, 0.6) is 0 Å². The topological polar surface area (TPSA) is 89.3 Å². The van der Waals surface area contributed by atoms with Crippen LogP contribution in [0.15, 0.2) is 65.5 Å². The van der Waals surface area contributed by atoms with Gasteiger partial charge in [-0.15, -0.1) is 0 Å². The molecule has 0 aliphatic heterocycles. The van der Waals surface area contributed by atoms with Crippen LogP contribution in [0.2, 0.25) is 0 Å². The highest BCUT2D eigenvalue weighted by molar-refractivity contribution is 7.81. The summed E-state index contributed by atoms with van der Waals surface area (Å²) in [6, 6.07) is 16.0. The zero-order valence-electron chi connectivity index (χ0n) is 13.1. The predicted molar refractivity (Wildman–Crippen MR) is 97.9 cm³/mol. The number of carboxylic acid groups (broad SMARTS) is 1. The van der Waals surface area contributed by atoms with Gasteiger partial charge in [0.05, 0.1) is 11.4 Å². The van der Waals surface area contributed by atoms with E-state index in [1.54, 1.807) is 6.20 Å². The maximum atomic E-state index is 9.62. The van der Waals surface area contributed by atoms with Crippen molar-refractivity contribution < 1.29 is 14.3 Å². The second-order valence-electron chi connectivity index (χ2n) is 5.08. The van der Waals surface area contributed by atoms with Gasteiger partial charge < -0.3 is 15.3 Å². The van der Waals surface area contributed by atoms with Crippen LogP contribution in [0.1, 0.15) is 6.92 Å². The molecule has 0 radical (unpaired) electrons. The van der Waals surface area contributed by atoms with Crippen LogP contribution < -0.4 is 5.73 Å². The third-order valence-electron chi connectivity index (χ3n) is 3.20. The third kappa shape index (κ3) is 4.89. The van der Waals surface area contributed by atoms with E-state index in [-0.39, 0.29) is 0 Å². The van der Waals surface area contributed by atoms with Crippen molar-refractivity contribution in [2.24, 2.45) is 0 Å². The summed E-state index contributed by atoms with van der Waals surface area (Å²) in [5.74, 6) is -0.0998. The summed E-state index contributed by atoms with van der Waals surface area (Å²) in [6.45, 7) is 1.51. The number of anilines is 1. The van der Waals surface area contributed by atoms with Crippen molar-refractivity contribution in [3.63, 3.8) is 0 Å². The van der Waals surface area contributed by atoms with Crippen LogP contribution in [-0.4, -0.2) is 21.3 Å². The number of nitrogens with zero attached hydrogens (tertiary/aromatic N) is 1. The Morgan fingerprint density at radius 2 is 1.54 bits per heavy atom. The van der Waals surface area contributed by atoms with Gasteiger partial charge in [0.2, 0.25) is 0 Å². The van der Waals surface area contributed by atoms with Crippen molar-refractivity contribution in [2.45, 2.75) is 12.2 Å². The molecule has 3 N–H and O–H groups in total. The Morgan fingerprint density at radius 1 is 1.08 bits per heavy atom. The maximum absolute atomic E-state index is 9.62. The van der Waals surface area contributed by atoms with Crippen LogP contribution >= 0.6 is 12.6 Å². The molecule has 3 aromatic rings. The molecule has 5 nitrogen and oxygen atoms in total. The first kappa shape index (κ1) is 17.6. The first-order valence-corrected chi connectivity index (χ1v) is 7.74. The van der Waals surface area contributed by atoms with Gasteiger partial charge in [0, 0.05) is 11.3 Å². The first-order valence-electron chi connectivity index (χ1n) is 7.23. The largest absolute Gasteiger partial charge is 0.480 e. The summed E-state index contributed by atoms with van der Waals surface area (Å²) >= 11 is 3.59. The molecule has 0 aliphatic carbocycles. The molecule has 0 spiro atoms. The fourth-order valence-electron chi connectivity index (χ4n) is 1.86. The zero-order valence-corrected chi connectivity index (χ0v) is 14.0. The van der Waals surface area contributed by atoms with Crippen molar-refractivity contribution in [1.29, 1.82) is 0 Å². The molecule has 1 unspecified atom stereocenters. The van der Waals surface area contributed by atoms with E-state index < -0.39 is 11.2 Å². The summed E-state index contributed by atoms with van der Waals surface area (Å²) in [4.78, 5) is 13.5. The number of nitrogens with two attached hydrogens (primary N) is 1. The van der Waals surface area contributed by atoms with Crippen LogP contribution in [-0.2, 0) is 4.79 Å². The molecule has 1 aromatic heterocycles. The lowest BCUT2D eigenvalue weighted by molar-refractivity contribution is -0.136. The Morgan fingerprint density at radius 3 is 1.96 bits per heavy atom. The molecule has 0 aliphatic rings. The van der Waals surface area contributed by atoms with E-state index in [0.29, 0.717) is 0 Å². The van der Waals surface area contributed by atoms with Crippen molar-refractivity contribution in [3.05, 3.63) is 61.1 Å². The van der Waals surface area contributed by atoms with Crippen LogP contribution in [0.25, 0.3) is 22.5 Å². The van der Waals surface area contributed by atoms with E-state index in [1.165, 1.54) is 13.3 Å². The number of oxazole rings is 1. The number of nitrogen functional groups attached to an aromatic ring is 1. The minimum atomic E-state index is -0.877. The lowest BCUT2D eigenvalue weighted by Gasteiger charge is -2.03. The Bertz CT molecular complexity index is 767. The number of hydrogen-bond acceptors (Lipinski definition) is 5. The molecule has 124 valence electrons. The molecule has 2 aromatic carbocycles. The molecule has 0 saturated carbocycles. The first-order chi connectivity index (χ1) is 11.5. The second kappa shape index (κ2) is 8.21. The van der Waals surface area contributed by atoms with E-state index in [4.69, 9.17) is 15.3 Å². The minimum absolute atomic E-state index is 0.537. The van der Waals surface area contributed by atoms with Crippen molar-refractivity contribution in [2.75, 3.05) is 5.73 Å². The zero-order chi connectivity index (χ0) is 17.5. The van der Waals surface area contributed by atoms with Crippen LogP contribution in [0.4, 0.5) is 5.69 Å². The van der Waals surface area contributed by atoms with Crippen LogP contribution in [0, 0.1) is 0 Å². The monoisotopic (exact) mass is 342 g/mol. The number of aromatic nitrogens is 1. The average molecular weight is 342 g/mol. The highest BCUT2D eigenvalue weighted by atomic mass is 32.1. The summed E-state index contributed by atoms with van der Waals surface area (Å²) in [5.41, 5.74) is 9.77. The Kier molecular flexibility index (Phi) is 6.03. The molecule has 1 heterocycles. The fourth-order valence-corrected chi connectivity index (χ4v) is 1.86. The van der Waals surface area contributed by atoms with Gasteiger partial charge in [-0.25, -0.2) is 4.98 Å². The summed E-state index contributed by atoms with van der Waals surface area (Å²) < 4.78 is 5.25. The Balaban J connectivity index is 0.000000301. The normalized spacial score (nSPS) is 11.2. The molecular formula is C18H18N2O3S. The van der Waals surface area contributed by atoms with E-state index in [2.05, 4.69) is 29.7 Å². The van der Waals surface area contributed by atoms with Crippen molar-refractivity contribution in [1.82, 2.24) is 4.98 Å². The summed E-state index contributed by atoms with van der Waals surface area (Å²) in [6.07, 6.45) is 3.14. The SMILES string of the molecule is CC(S)C(=O)O.Nc1ccc(-c2ccc(-c3cnco3)cc2)cc1. The van der Waals surface area contributed by atoms with E-state index in [0.717, 1.165) is 28.1 Å². The lowest BCUT2D eigenvalue weighted by Crippen LogP contribution is -2.06. The lowest BCUT2D eigenvalue weighted by atomic mass is 10.0. The second-order valence-corrected chi connectivity index (χ2v) is 5.85. The molecule has 0 amide bonds. The minimum Gasteiger partial charge on any atom is -0.480 e. The number of aliphatic carboxylic acids is 1. The smallest absolute Gasteiger partial charge is 0.316 e. The summed E-state index contributed by atoms with van der Waals surface area (Å²) in [5, 5.41) is 7.38. The molecule has 0 saturated heterocycles. The molecule has 1 atom stereocenters. The highest BCUT2D eigenvalue weighted by Crippen LogP contribution is 2.25. The van der Waals surface area contributed by atoms with Crippen molar-refractivity contribution in [3.8, 4) is 22.5 Å². The van der Waals surface area contributed by atoms with E-state index in [9.17, 15) is 4.79 Å². The summed E-state index contributed by atoms with van der Waals surface area (Å²) in [7, 11) is 0. The number of thiol groups is 1. The van der Waals surface area contributed by atoms with Gasteiger partial charge in [0.1, 0.15) is 0 Å². The molecular weight excluding hydrogens is 324 g/mol. The van der Waals surface area contributed by atoms with Crippen LogP contribution in [0.3, 0.4) is 0 Å². The molecule has 0 bridgehead atoms. The molecule has 24 heavy (non-hydrogen) atoms. The number of carboxylic acids is 1. The van der Waals surface area contributed by atoms with Gasteiger partial charge in [-0.2, -0.15) is 12.6 Å². The molecule has 0 fully saturated rings. The van der Waals surface area contributed by atoms with E-state index >= 15 is 0 Å². The number of rotatable bonds is 3. The third-order valence-corrected chi connectivity index (χ3v) is 3.42. The van der Waals surface area contributed by atoms with Crippen molar-refractivity contribution >= 4 is 24.3 Å². The number of benzene rings is 2. The fraction of sp³-hybridized carbons (Fsp3) is 0.111. The van der Waals surface area contributed by atoms with Gasteiger partial charge >= 0.3 is 5.97 Å². The van der Waals surface area contributed by atoms with Gasteiger partial charge in [0.15, 0.2) is 12.2 Å². The number of carbonyl (C=O) groups is 1.